The molecule has 3 aromatic carbocycles. The van der Waals surface area contributed by atoms with Crippen molar-refractivity contribution >= 4 is 23.0 Å². The Hall–Kier alpha value is -3.86. The van der Waals surface area contributed by atoms with Crippen molar-refractivity contribution in [3.63, 3.8) is 0 Å². The van der Waals surface area contributed by atoms with Crippen LogP contribution in [0.25, 0.3) is 22.0 Å². The Morgan fingerprint density at radius 1 is 1.04 bits per heavy atom. The van der Waals surface area contributed by atoms with E-state index in [0.717, 1.165) is 33.2 Å². The number of aromatic hydroxyl groups is 1. The van der Waals surface area contributed by atoms with Gasteiger partial charge >= 0.3 is 0 Å². The number of amides is 1. The number of phenolic OH excluding ortho intramolecular Hbond substituents is 1. The third kappa shape index (κ3) is 3.50. The summed E-state index contributed by atoms with van der Waals surface area (Å²) >= 11 is 0. The number of hydrazone groups is 1. The predicted molar refractivity (Wildman–Crippen MR) is 112 cm³/mol. The summed E-state index contributed by atoms with van der Waals surface area (Å²) in [6.45, 7) is 2.03. The van der Waals surface area contributed by atoms with Crippen LogP contribution in [0.15, 0.2) is 77.9 Å². The largest absolute Gasteiger partial charge is 0.508 e. The number of hydrogen-bond acceptors (Lipinski definition) is 3. The van der Waals surface area contributed by atoms with Crippen molar-refractivity contribution in [1.29, 1.82) is 0 Å². The molecule has 0 atom stereocenters. The minimum Gasteiger partial charge on any atom is -0.508 e. The molecule has 0 saturated carbocycles. The summed E-state index contributed by atoms with van der Waals surface area (Å²) in [6, 6.07) is 22.5. The Morgan fingerprint density at radius 2 is 1.79 bits per heavy atom. The number of aromatic amines is 1. The number of aryl methyl sites for hydroxylation is 1. The molecule has 5 nitrogen and oxygen atoms in total. The Bertz CT molecular complexity index is 1160. The summed E-state index contributed by atoms with van der Waals surface area (Å²) in [5, 5.41) is 14.4. The minimum atomic E-state index is -0.317. The predicted octanol–water partition coefficient (Wildman–Crippen LogP) is 4.61. The lowest BCUT2D eigenvalue weighted by atomic mass is 10.0. The maximum Gasteiger partial charge on any atom is 0.288 e. The quantitative estimate of drug-likeness (QED) is 0.363. The highest BCUT2D eigenvalue weighted by atomic mass is 16.3. The van der Waals surface area contributed by atoms with E-state index in [-0.39, 0.29) is 11.7 Å². The number of benzene rings is 3. The highest BCUT2D eigenvalue weighted by molar-refractivity contribution is 6.10. The minimum absolute atomic E-state index is 0.182. The van der Waals surface area contributed by atoms with Crippen LogP contribution in [0.4, 0.5) is 0 Å². The van der Waals surface area contributed by atoms with Crippen molar-refractivity contribution in [2.75, 3.05) is 0 Å². The van der Waals surface area contributed by atoms with Gasteiger partial charge in [0.1, 0.15) is 11.4 Å². The molecular weight excluding hydrogens is 350 g/mol. The van der Waals surface area contributed by atoms with E-state index in [1.165, 1.54) is 6.21 Å². The van der Waals surface area contributed by atoms with E-state index >= 15 is 0 Å². The number of H-pyrrole nitrogens is 1. The van der Waals surface area contributed by atoms with Crippen LogP contribution in [0, 0.1) is 6.92 Å². The van der Waals surface area contributed by atoms with Gasteiger partial charge < -0.3 is 10.1 Å². The Labute approximate surface area is 162 Å². The molecule has 0 aliphatic rings. The monoisotopic (exact) mass is 369 g/mol. The lowest BCUT2D eigenvalue weighted by Crippen LogP contribution is -2.18. The second-order valence-electron chi connectivity index (χ2n) is 6.58. The molecule has 4 aromatic rings. The molecule has 0 aliphatic heterocycles. The number of carbonyl (C=O) groups excluding carboxylic acids is 1. The number of hydrogen-bond donors (Lipinski definition) is 3. The number of aromatic nitrogens is 1. The summed E-state index contributed by atoms with van der Waals surface area (Å²) in [5.41, 5.74) is 7.67. The normalized spacial score (nSPS) is 11.2. The first kappa shape index (κ1) is 17.5. The fourth-order valence-corrected chi connectivity index (χ4v) is 3.16. The van der Waals surface area contributed by atoms with Crippen LogP contribution in [0.3, 0.4) is 0 Å². The summed E-state index contributed by atoms with van der Waals surface area (Å²) in [4.78, 5) is 16.1. The van der Waals surface area contributed by atoms with E-state index in [1.54, 1.807) is 24.3 Å². The molecule has 138 valence electrons. The molecular formula is C23H19N3O2. The van der Waals surface area contributed by atoms with Gasteiger partial charge in [-0.05, 0) is 54.4 Å². The first-order valence-corrected chi connectivity index (χ1v) is 8.92. The van der Waals surface area contributed by atoms with Gasteiger partial charge in [-0.1, -0.05) is 42.0 Å². The summed E-state index contributed by atoms with van der Waals surface area (Å²) in [7, 11) is 0. The van der Waals surface area contributed by atoms with Gasteiger partial charge in [-0.2, -0.15) is 5.10 Å². The van der Waals surface area contributed by atoms with E-state index in [2.05, 4.69) is 21.6 Å². The summed E-state index contributed by atoms with van der Waals surface area (Å²) < 4.78 is 0. The fraction of sp³-hybridized carbons (Fsp3) is 0.0435. The first-order chi connectivity index (χ1) is 13.6. The SMILES string of the molecule is Cc1ccc2[nH]c(C(=O)N/N=C/c3ccc(O)cc3)c(-c3ccccc3)c2c1. The summed E-state index contributed by atoms with van der Waals surface area (Å²) in [6.07, 6.45) is 1.53. The van der Waals surface area contributed by atoms with Gasteiger partial charge in [0.15, 0.2) is 0 Å². The highest BCUT2D eigenvalue weighted by Crippen LogP contribution is 2.33. The second kappa shape index (κ2) is 7.40. The Kier molecular flexibility index (Phi) is 4.64. The smallest absolute Gasteiger partial charge is 0.288 e. The number of carbonyl (C=O) groups is 1. The molecule has 4 rings (SSSR count). The number of phenols is 1. The third-order valence-electron chi connectivity index (χ3n) is 4.52. The molecule has 0 saturated heterocycles. The molecule has 0 bridgehead atoms. The maximum absolute atomic E-state index is 12.8. The van der Waals surface area contributed by atoms with E-state index in [9.17, 15) is 9.90 Å². The zero-order valence-electron chi connectivity index (χ0n) is 15.3. The van der Waals surface area contributed by atoms with Gasteiger partial charge in [-0.25, -0.2) is 5.43 Å². The molecule has 3 N–H and O–H groups in total. The first-order valence-electron chi connectivity index (χ1n) is 8.92. The standard InChI is InChI=1S/C23H19N3O2/c1-15-7-12-20-19(13-15)21(17-5-3-2-4-6-17)22(25-20)23(28)26-24-14-16-8-10-18(27)11-9-16/h2-14,25,27H,1H3,(H,26,28)/b24-14+. The van der Waals surface area contributed by atoms with Crippen molar-refractivity contribution in [3.05, 3.63) is 89.6 Å². The van der Waals surface area contributed by atoms with Crippen molar-refractivity contribution in [2.45, 2.75) is 6.92 Å². The zero-order valence-corrected chi connectivity index (χ0v) is 15.3. The van der Waals surface area contributed by atoms with E-state index < -0.39 is 0 Å². The molecule has 0 unspecified atom stereocenters. The van der Waals surface area contributed by atoms with Crippen LogP contribution < -0.4 is 5.43 Å². The van der Waals surface area contributed by atoms with Crippen molar-refractivity contribution < 1.29 is 9.90 Å². The van der Waals surface area contributed by atoms with Crippen LogP contribution in [-0.4, -0.2) is 22.2 Å². The number of nitrogens with zero attached hydrogens (tertiary/aromatic N) is 1. The molecule has 5 heteroatoms. The number of rotatable bonds is 4. The lowest BCUT2D eigenvalue weighted by molar-refractivity contribution is 0.0951. The maximum atomic E-state index is 12.8. The number of nitrogens with one attached hydrogen (secondary N) is 2. The molecule has 0 aliphatic carbocycles. The third-order valence-corrected chi connectivity index (χ3v) is 4.52. The molecule has 0 fully saturated rings. The molecule has 0 radical (unpaired) electrons. The molecule has 1 amide bonds. The van der Waals surface area contributed by atoms with Gasteiger partial charge in [-0.3, -0.25) is 4.79 Å². The van der Waals surface area contributed by atoms with Gasteiger partial charge in [0.2, 0.25) is 0 Å². The van der Waals surface area contributed by atoms with Crippen LogP contribution in [0.5, 0.6) is 5.75 Å². The van der Waals surface area contributed by atoms with E-state index in [0.29, 0.717) is 5.69 Å². The van der Waals surface area contributed by atoms with Crippen molar-refractivity contribution in [1.82, 2.24) is 10.4 Å². The average molecular weight is 369 g/mol. The van der Waals surface area contributed by atoms with Crippen molar-refractivity contribution in [3.8, 4) is 16.9 Å². The van der Waals surface area contributed by atoms with Gasteiger partial charge in [0.05, 0.1) is 6.21 Å². The molecule has 1 aromatic heterocycles. The van der Waals surface area contributed by atoms with E-state index in [4.69, 9.17) is 0 Å². The van der Waals surface area contributed by atoms with Gasteiger partial charge in [0.25, 0.3) is 5.91 Å². The second-order valence-corrected chi connectivity index (χ2v) is 6.58. The molecule has 0 spiro atoms. The lowest BCUT2D eigenvalue weighted by Gasteiger charge is -2.04. The van der Waals surface area contributed by atoms with Crippen LogP contribution in [0.2, 0.25) is 0 Å². The Balaban J connectivity index is 1.69. The molecule has 1 heterocycles. The van der Waals surface area contributed by atoms with Crippen molar-refractivity contribution in [2.24, 2.45) is 5.10 Å². The van der Waals surface area contributed by atoms with E-state index in [1.807, 2.05) is 49.4 Å². The topological polar surface area (TPSA) is 77.5 Å². The van der Waals surface area contributed by atoms with Gasteiger partial charge in [0, 0.05) is 16.5 Å². The summed E-state index contributed by atoms with van der Waals surface area (Å²) in [5.74, 6) is -0.134. The van der Waals surface area contributed by atoms with Gasteiger partial charge in [-0.15, -0.1) is 0 Å². The average Bonchev–Trinajstić information content (AvgIpc) is 3.09. The fourth-order valence-electron chi connectivity index (χ4n) is 3.16. The highest BCUT2D eigenvalue weighted by Gasteiger charge is 2.19. The molecule has 28 heavy (non-hydrogen) atoms. The Morgan fingerprint density at radius 3 is 2.54 bits per heavy atom. The van der Waals surface area contributed by atoms with Crippen LogP contribution in [-0.2, 0) is 0 Å². The zero-order chi connectivity index (χ0) is 19.5. The van der Waals surface area contributed by atoms with Crippen LogP contribution >= 0.6 is 0 Å². The van der Waals surface area contributed by atoms with Crippen LogP contribution in [0.1, 0.15) is 21.6 Å². The number of fused-ring (bicyclic) bond motifs is 1.